The highest BCUT2D eigenvalue weighted by Crippen LogP contribution is 2.27. The van der Waals surface area contributed by atoms with E-state index in [2.05, 4.69) is 71.9 Å². The lowest BCUT2D eigenvalue weighted by atomic mass is 10.00. The van der Waals surface area contributed by atoms with Crippen LogP contribution in [-0.2, 0) is 7.05 Å². The van der Waals surface area contributed by atoms with Gasteiger partial charge < -0.3 is 8.98 Å². The van der Waals surface area contributed by atoms with Crippen molar-refractivity contribution in [3.8, 4) is 11.1 Å². The summed E-state index contributed by atoms with van der Waals surface area (Å²) in [4.78, 5) is 3.87. The molecule has 0 aliphatic rings. The molecule has 0 fully saturated rings. The van der Waals surface area contributed by atoms with E-state index in [1.807, 2.05) is 54.6 Å². The normalized spacial score (nSPS) is 10.7. The maximum Gasteiger partial charge on any atom is 0.177 e. The average Bonchev–Trinajstić information content (AvgIpc) is 3.53. The van der Waals surface area contributed by atoms with Crippen LogP contribution in [0.2, 0.25) is 0 Å². The first-order valence-corrected chi connectivity index (χ1v) is 11.4. The van der Waals surface area contributed by atoms with Crippen LogP contribution >= 0.6 is 0 Å². The van der Waals surface area contributed by atoms with Crippen molar-refractivity contribution >= 4 is 39.9 Å². The highest BCUT2D eigenvalue weighted by molar-refractivity contribution is 6.12. The Hall–Kier alpha value is -4.70. The van der Waals surface area contributed by atoms with Gasteiger partial charge in [0.15, 0.2) is 5.76 Å². The van der Waals surface area contributed by atoms with Crippen LogP contribution in [0.5, 0.6) is 0 Å². The summed E-state index contributed by atoms with van der Waals surface area (Å²) in [6, 6.07) is 36.7. The van der Waals surface area contributed by atoms with E-state index in [1.165, 1.54) is 28.1 Å². The molecule has 6 rings (SSSR count). The van der Waals surface area contributed by atoms with Gasteiger partial charge in [-0.3, -0.25) is 10.4 Å². The van der Waals surface area contributed by atoms with Crippen molar-refractivity contribution in [2.24, 2.45) is 12.0 Å². The van der Waals surface area contributed by atoms with Crippen LogP contribution in [0.3, 0.4) is 0 Å². The first-order chi connectivity index (χ1) is 17.2. The Kier molecular flexibility index (Phi) is 6.10. The first kappa shape index (κ1) is 22.1. The van der Waals surface area contributed by atoms with Gasteiger partial charge in [-0.2, -0.15) is 0 Å². The second kappa shape index (κ2) is 9.65. The molecule has 0 amide bonds. The molecule has 4 nitrogen and oxygen atoms in total. The van der Waals surface area contributed by atoms with Gasteiger partial charge in [-0.15, -0.1) is 0 Å². The molecule has 1 N–H and O–H groups in total. The van der Waals surface area contributed by atoms with E-state index in [-0.39, 0.29) is 0 Å². The Balaban J connectivity index is 0.000000156. The van der Waals surface area contributed by atoms with Crippen LogP contribution in [-0.4, -0.2) is 17.0 Å². The SMILES string of the molecule is C=Nc1ccoc1C(=N)c1cccc(-c2ccccc2)c1.Cn1c2ccccc2c2ccccc21. The van der Waals surface area contributed by atoms with Gasteiger partial charge in [0.25, 0.3) is 0 Å². The maximum absolute atomic E-state index is 8.31. The van der Waals surface area contributed by atoms with Crippen molar-refractivity contribution in [2.45, 2.75) is 0 Å². The largest absolute Gasteiger partial charge is 0.460 e. The van der Waals surface area contributed by atoms with Gasteiger partial charge in [0.05, 0.1) is 6.26 Å². The highest BCUT2D eigenvalue weighted by Gasteiger charge is 2.13. The lowest BCUT2D eigenvalue weighted by Crippen LogP contribution is -2.00. The Morgan fingerprint density at radius 3 is 2.00 bits per heavy atom. The predicted octanol–water partition coefficient (Wildman–Crippen LogP) is 8.03. The van der Waals surface area contributed by atoms with Gasteiger partial charge in [0.1, 0.15) is 11.4 Å². The van der Waals surface area contributed by atoms with Gasteiger partial charge in [-0.25, -0.2) is 0 Å². The lowest BCUT2D eigenvalue weighted by molar-refractivity contribution is 0.558. The molecule has 0 aliphatic heterocycles. The number of aryl methyl sites for hydroxylation is 1. The second-order valence-electron chi connectivity index (χ2n) is 8.21. The van der Waals surface area contributed by atoms with Crippen LogP contribution in [0.25, 0.3) is 32.9 Å². The summed E-state index contributed by atoms with van der Waals surface area (Å²) in [5.74, 6) is 0.440. The molecule has 0 radical (unpaired) electrons. The van der Waals surface area contributed by atoms with Gasteiger partial charge in [0, 0.05) is 40.5 Å². The number of fused-ring (bicyclic) bond motifs is 3. The second-order valence-corrected chi connectivity index (χ2v) is 8.21. The molecule has 2 heterocycles. The van der Waals surface area contributed by atoms with E-state index in [9.17, 15) is 0 Å². The molecule has 0 atom stereocenters. The molecule has 170 valence electrons. The Bertz CT molecular complexity index is 1590. The number of aromatic nitrogens is 1. The number of aliphatic imine (C=N–C) groups is 1. The number of rotatable bonds is 4. The minimum atomic E-state index is 0.306. The molecular weight excluding hydrogens is 430 g/mol. The highest BCUT2D eigenvalue weighted by atomic mass is 16.3. The number of furan rings is 1. The smallest absolute Gasteiger partial charge is 0.177 e. The molecule has 0 unspecified atom stereocenters. The third-order valence-corrected chi connectivity index (χ3v) is 6.12. The molecule has 0 spiro atoms. The van der Waals surface area contributed by atoms with Crippen LogP contribution < -0.4 is 0 Å². The van der Waals surface area contributed by atoms with E-state index in [0.29, 0.717) is 17.2 Å². The molecule has 4 heteroatoms. The van der Waals surface area contributed by atoms with Crippen molar-refractivity contribution in [1.29, 1.82) is 5.41 Å². The number of hydrogen-bond donors (Lipinski definition) is 1. The van der Waals surface area contributed by atoms with E-state index in [4.69, 9.17) is 9.83 Å². The fraction of sp³-hybridized carbons (Fsp3) is 0.0323. The van der Waals surface area contributed by atoms with Crippen molar-refractivity contribution in [1.82, 2.24) is 4.57 Å². The average molecular weight is 456 g/mol. The van der Waals surface area contributed by atoms with Crippen LogP contribution in [0.1, 0.15) is 11.3 Å². The zero-order chi connectivity index (χ0) is 24.2. The summed E-state index contributed by atoms with van der Waals surface area (Å²) in [6.45, 7) is 3.50. The number of hydrogen-bond acceptors (Lipinski definition) is 3. The zero-order valence-corrected chi connectivity index (χ0v) is 19.5. The van der Waals surface area contributed by atoms with E-state index in [0.717, 1.165) is 16.7 Å². The van der Waals surface area contributed by atoms with E-state index >= 15 is 0 Å². The molecular formula is C31H25N3O. The Morgan fingerprint density at radius 1 is 0.743 bits per heavy atom. The van der Waals surface area contributed by atoms with Crippen LogP contribution in [0, 0.1) is 5.41 Å². The predicted molar refractivity (Wildman–Crippen MR) is 146 cm³/mol. The van der Waals surface area contributed by atoms with Crippen LogP contribution in [0.15, 0.2) is 125 Å². The summed E-state index contributed by atoms with van der Waals surface area (Å²) in [5.41, 5.74) is 6.47. The quantitative estimate of drug-likeness (QED) is 0.269. The summed E-state index contributed by atoms with van der Waals surface area (Å²) >= 11 is 0. The molecule has 35 heavy (non-hydrogen) atoms. The molecule has 0 aliphatic carbocycles. The molecule has 4 aromatic carbocycles. The molecule has 0 saturated heterocycles. The molecule has 6 aromatic rings. The summed E-state index contributed by atoms with van der Waals surface area (Å²) in [5, 5.41) is 11.0. The van der Waals surface area contributed by atoms with Crippen molar-refractivity contribution in [3.63, 3.8) is 0 Å². The third kappa shape index (κ3) is 4.30. The van der Waals surface area contributed by atoms with Gasteiger partial charge in [0.2, 0.25) is 0 Å². The summed E-state index contributed by atoms with van der Waals surface area (Å²) in [6.07, 6.45) is 1.52. The topological polar surface area (TPSA) is 54.3 Å². The molecule has 0 saturated carbocycles. The molecule has 2 aromatic heterocycles. The fourth-order valence-corrected chi connectivity index (χ4v) is 4.35. The monoisotopic (exact) mass is 455 g/mol. The number of para-hydroxylation sites is 2. The van der Waals surface area contributed by atoms with Crippen molar-refractivity contribution < 1.29 is 4.42 Å². The van der Waals surface area contributed by atoms with Crippen molar-refractivity contribution in [3.05, 3.63) is 127 Å². The molecule has 0 bridgehead atoms. The Morgan fingerprint density at radius 2 is 1.34 bits per heavy atom. The number of nitrogens with zero attached hydrogens (tertiary/aromatic N) is 2. The minimum Gasteiger partial charge on any atom is -0.460 e. The lowest BCUT2D eigenvalue weighted by Gasteiger charge is -2.06. The van der Waals surface area contributed by atoms with Gasteiger partial charge in [-0.05, 0) is 36.0 Å². The summed E-state index contributed by atoms with van der Waals surface area (Å²) < 4.78 is 7.60. The minimum absolute atomic E-state index is 0.306. The zero-order valence-electron chi connectivity index (χ0n) is 19.5. The number of nitrogens with one attached hydrogen (secondary N) is 1. The van der Waals surface area contributed by atoms with Crippen molar-refractivity contribution in [2.75, 3.05) is 0 Å². The van der Waals surface area contributed by atoms with E-state index in [1.54, 1.807) is 6.07 Å². The summed E-state index contributed by atoms with van der Waals surface area (Å²) in [7, 11) is 2.12. The van der Waals surface area contributed by atoms with Gasteiger partial charge >= 0.3 is 0 Å². The standard InChI is InChI=1S/C18H14N2O.C13H11N/c1-20-16-10-11-21-18(16)17(19)15-9-5-8-14(12-15)13-6-3-2-4-7-13;1-14-12-8-4-2-6-10(12)11-7-3-5-9-13(11)14/h2-12,19H,1H2;2-9H,1H3. The first-order valence-electron chi connectivity index (χ1n) is 11.4. The Labute approximate surface area is 204 Å². The third-order valence-electron chi connectivity index (χ3n) is 6.12. The maximum atomic E-state index is 8.31. The number of benzene rings is 4. The van der Waals surface area contributed by atoms with Crippen LogP contribution in [0.4, 0.5) is 5.69 Å². The fourth-order valence-electron chi connectivity index (χ4n) is 4.35. The van der Waals surface area contributed by atoms with Gasteiger partial charge in [-0.1, -0.05) is 84.9 Å². The van der Waals surface area contributed by atoms with E-state index < -0.39 is 0 Å².